The van der Waals surface area contributed by atoms with Crippen LogP contribution in [0.3, 0.4) is 0 Å². The summed E-state index contributed by atoms with van der Waals surface area (Å²) in [7, 11) is 0. The molecule has 222 valence electrons. The molecule has 2 atom stereocenters. The molecule has 9 heteroatoms. The van der Waals surface area contributed by atoms with Crippen LogP contribution < -0.4 is 10.6 Å². The molecule has 42 heavy (non-hydrogen) atoms. The summed E-state index contributed by atoms with van der Waals surface area (Å²) in [6, 6.07) is 21.9. The van der Waals surface area contributed by atoms with Gasteiger partial charge in [0.15, 0.2) is 0 Å². The predicted octanol–water partition coefficient (Wildman–Crippen LogP) is 6.04. The second-order valence-corrected chi connectivity index (χ2v) is 12.2. The molecule has 0 aromatic heterocycles. The molecule has 4 rings (SSSR count). The maximum atomic E-state index is 14.6. The summed E-state index contributed by atoms with van der Waals surface area (Å²) >= 11 is 6.29. The lowest BCUT2D eigenvalue weighted by atomic mass is 9.84. The molecule has 0 aliphatic carbocycles. The van der Waals surface area contributed by atoms with E-state index in [4.69, 9.17) is 16.3 Å². The van der Waals surface area contributed by atoms with Crippen molar-refractivity contribution in [2.24, 2.45) is 0 Å². The third kappa shape index (κ3) is 6.51. The molecule has 3 N–H and O–H groups in total. The Labute approximate surface area is 252 Å². The maximum absolute atomic E-state index is 14.6. The molecule has 3 aromatic carbocycles. The summed E-state index contributed by atoms with van der Waals surface area (Å²) in [6.07, 6.45) is 0.748. The van der Waals surface area contributed by atoms with Crippen LogP contribution in [-0.2, 0) is 28.2 Å². The first-order valence-corrected chi connectivity index (χ1v) is 14.5. The van der Waals surface area contributed by atoms with Crippen LogP contribution in [-0.4, -0.2) is 45.8 Å². The molecule has 0 radical (unpaired) electrons. The molecule has 3 aromatic rings. The SMILES string of the molecule is C[C@@H]1CCC[N+]1(C(=O)NCc1cc(Cl)ccc1CNC(=O)OC(C)(C)C)C(=O)C(O)(c1ccccc1)c1ccccc1. The number of hydrogen-bond donors (Lipinski definition) is 3. The number of quaternary nitrogens is 1. The highest BCUT2D eigenvalue weighted by Crippen LogP contribution is 2.39. The van der Waals surface area contributed by atoms with Crippen molar-refractivity contribution >= 4 is 29.6 Å². The number of imide groups is 1. The van der Waals surface area contributed by atoms with Crippen LogP contribution in [0.2, 0.25) is 5.02 Å². The Morgan fingerprint density at radius 3 is 2.00 bits per heavy atom. The topological polar surface area (TPSA) is 105 Å². The summed E-state index contributed by atoms with van der Waals surface area (Å²) in [5.41, 5.74) is -0.462. The number of rotatable bonds is 7. The number of carbonyl (C=O) groups excluding carboxylic acids is 3. The van der Waals surface area contributed by atoms with Gasteiger partial charge in [-0.1, -0.05) is 78.3 Å². The fourth-order valence-corrected chi connectivity index (χ4v) is 5.75. The van der Waals surface area contributed by atoms with Crippen molar-refractivity contribution in [3.63, 3.8) is 0 Å². The molecule has 0 bridgehead atoms. The van der Waals surface area contributed by atoms with E-state index in [9.17, 15) is 19.5 Å². The zero-order chi connectivity index (χ0) is 30.5. The third-order valence-corrected chi connectivity index (χ3v) is 7.96. The van der Waals surface area contributed by atoms with Gasteiger partial charge in [0.2, 0.25) is 5.60 Å². The summed E-state index contributed by atoms with van der Waals surface area (Å²) in [6.45, 7) is 7.71. The number of nitrogens with one attached hydrogen (secondary N) is 2. The Morgan fingerprint density at radius 2 is 1.48 bits per heavy atom. The van der Waals surface area contributed by atoms with E-state index in [1.54, 1.807) is 87.5 Å². The smallest absolute Gasteiger partial charge is 0.424 e. The molecule has 1 unspecified atom stereocenters. The Bertz CT molecular complexity index is 1390. The predicted molar refractivity (Wildman–Crippen MR) is 161 cm³/mol. The highest BCUT2D eigenvalue weighted by atomic mass is 35.5. The number of nitrogens with zero attached hydrogens (tertiary/aromatic N) is 1. The molecule has 8 nitrogen and oxygen atoms in total. The van der Waals surface area contributed by atoms with E-state index in [0.717, 1.165) is 5.56 Å². The van der Waals surface area contributed by atoms with Gasteiger partial charge in [-0.05, 0) is 51.0 Å². The van der Waals surface area contributed by atoms with Gasteiger partial charge < -0.3 is 20.5 Å². The van der Waals surface area contributed by atoms with E-state index < -0.39 is 33.7 Å². The fraction of sp³-hybridized carbons (Fsp3) is 0.364. The van der Waals surface area contributed by atoms with Crippen LogP contribution in [0, 0.1) is 0 Å². The van der Waals surface area contributed by atoms with Gasteiger partial charge in [0, 0.05) is 42.1 Å². The van der Waals surface area contributed by atoms with E-state index in [-0.39, 0.29) is 25.7 Å². The normalized spacial score (nSPS) is 18.8. The van der Waals surface area contributed by atoms with Crippen LogP contribution in [0.15, 0.2) is 78.9 Å². The highest BCUT2D eigenvalue weighted by molar-refractivity contribution is 6.30. The van der Waals surface area contributed by atoms with Crippen molar-refractivity contribution in [2.75, 3.05) is 6.54 Å². The summed E-state index contributed by atoms with van der Waals surface area (Å²) in [5.74, 6) is -0.597. The van der Waals surface area contributed by atoms with Crippen LogP contribution in [0.1, 0.15) is 62.8 Å². The number of benzene rings is 3. The molecular formula is C33H39ClN3O5+. The Hall–Kier alpha value is -3.72. The van der Waals surface area contributed by atoms with Crippen LogP contribution in [0.25, 0.3) is 0 Å². The molecule has 1 aliphatic rings. The van der Waals surface area contributed by atoms with Crippen molar-refractivity contribution in [3.8, 4) is 0 Å². The number of alkyl carbamates (subject to hydrolysis) is 1. The molecule has 0 spiro atoms. The largest absolute Gasteiger partial charge is 0.444 e. The second kappa shape index (κ2) is 12.7. The molecule has 1 heterocycles. The third-order valence-electron chi connectivity index (χ3n) is 7.72. The standard InChI is InChI=1S/C33H38ClN3O5/c1-23-12-11-19-37(23,29(38)33(41,26-13-7-5-8-14-26)27-15-9-6-10-16-27)30(39)35-22-25-20-28(34)18-17-24(25)21-36-31(40)42-32(2,3)4/h5-10,13-18,20,23,41H,11-12,19,21-22H2,1-4H3,(H-,35,36,39,40)/p+1/t23-,37?/m1/s1. The van der Waals surface area contributed by atoms with Gasteiger partial charge in [0.1, 0.15) is 11.6 Å². The van der Waals surface area contributed by atoms with Gasteiger partial charge in [-0.15, -0.1) is 0 Å². The average Bonchev–Trinajstić information content (AvgIpc) is 3.36. The minimum Gasteiger partial charge on any atom is -0.444 e. The van der Waals surface area contributed by atoms with E-state index in [0.29, 0.717) is 34.6 Å². The summed E-state index contributed by atoms with van der Waals surface area (Å²) < 4.78 is 4.79. The first-order valence-electron chi connectivity index (χ1n) is 14.2. The molecular weight excluding hydrogens is 554 g/mol. The lowest BCUT2D eigenvalue weighted by molar-refractivity contribution is -0.788. The lowest BCUT2D eigenvalue weighted by Gasteiger charge is -2.39. The highest BCUT2D eigenvalue weighted by Gasteiger charge is 2.61. The summed E-state index contributed by atoms with van der Waals surface area (Å²) in [4.78, 5) is 41.0. The van der Waals surface area contributed by atoms with Crippen molar-refractivity contribution in [2.45, 2.75) is 70.9 Å². The van der Waals surface area contributed by atoms with Crippen LogP contribution in [0.4, 0.5) is 9.59 Å². The second-order valence-electron chi connectivity index (χ2n) is 11.8. The molecule has 1 fully saturated rings. The van der Waals surface area contributed by atoms with Gasteiger partial charge in [0.25, 0.3) is 0 Å². The number of ether oxygens (including phenoxy) is 1. The molecule has 4 amide bonds. The van der Waals surface area contributed by atoms with Gasteiger partial charge in [0.05, 0.1) is 6.54 Å². The van der Waals surface area contributed by atoms with Crippen molar-refractivity contribution in [3.05, 3.63) is 106 Å². The lowest BCUT2D eigenvalue weighted by Crippen LogP contribution is -2.67. The van der Waals surface area contributed by atoms with Crippen molar-refractivity contribution in [1.82, 2.24) is 10.6 Å². The molecule has 0 saturated carbocycles. The van der Waals surface area contributed by atoms with Crippen LogP contribution in [0.5, 0.6) is 0 Å². The first-order chi connectivity index (χ1) is 19.9. The zero-order valence-corrected chi connectivity index (χ0v) is 25.3. The van der Waals surface area contributed by atoms with E-state index >= 15 is 0 Å². The Morgan fingerprint density at radius 1 is 0.905 bits per heavy atom. The quantitative estimate of drug-likeness (QED) is 0.290. The average molecular weight is 593 g/mol. The maximum Gasteiger partial charge on any atom is 0.424 e. The van der Waals surface area contributed by atoms with Gasteiger partial charge in [-0.25, -0.2) is 14.4 Å². The van der Waals surface area contributed by atoms with E-state index in [2.05, 4.69) is 10.6 Å². The van der Waals surface area contributed by atoms with Crippen molar-refractivity contribution < 1.29 is 28.7 Å². The molecule has 1 saturated heterocycles. The first kappa shape index (κ1) is 31.2. The van der Waals surface area contributed by atoms with Crippen molar-refractivity contribution in [1.29, 1.82) is 0 Å². The molecule has 1 aliphatic heterocycles. The summed E-state index contributed by atoms with van der Waals surface area (Å²) in [5, 5.41) is 18.4. The number of hydrogen-bond acceptors (Lipinski definition) is 5. The van der Waals surface area contributed by atoms with Gasteiger partial charge in [-0.3, -0.25) is 0 Å². The Kier molecular flexibility index (Phi) is 9.40. The minimum absolute atomic E-state index is 0.0693. The number of urea groups is 1. The minimum atomic E-state index is -2.04. The number of amides is 4. The Balaban J connectivity index is 1.63. The zero-order valence-electron chi connectivity index (χ0n) is 24.5. The van der Waals surface area contributed by atoms with Crippen LogP contribution >= 0.6 is 11.6 Å². The number of aliphatic hydroxyl groups is 1. The monoisotopic (exact) mass is 592 g/mol. The van der Waals surface area contributed by atoms with Gasteiger partial charge >= 0.3 is 18.0 Å². The number of carbonyl (C=O) groups is 3. The van der Waals surface area contributed by atoms with E-state index in [1.165, 1.54) is 0 Å². The van der Waals surface area contributed by atoms with E-state index in [1.807, 2.05) is 19.1 Å². The fourth-order valence-electron chi connectivity index (χ4n) is 5.56. The number of halogens is 1. The van der Waals surface area contributed by atoms with Gasteiger partial charge in [-0.2, -0.15) is 4.48 Å². The number of likely N-dealkylation sites (tertiary alicyclic amines) is 1.